The van der Waals surface area contributed by atoms with E-state index >= 15 is 0 Å². The molecule has 0 bridgehead atoms. The zero-order chi connectivity index (χ0) is 16.1. The Hall–Kier alpha value is -1.69. The van der Waals surface area contributed by atoms with E-state index < -0.39 is 16.2 Å². The van der Waals surface area contributed by atoms with Crippen LogP contribution in [0.3, 0.4) is 0 Å². The average molecular weight is 331 g/mol. The predicted octanol–water partition coefficient (Wildman–Crippen LogP) is 2.73. The van der Waals surface area contributed by atoms with Crippen LogP contribution in [0.1, 0.15) is 23.7 Å². The Morgan fingerprint density at radius 1 is 0.957 bits per heavy atom. The van der Waals surface area contributed by atoms with Crippen LogP contribution in [0, 0.1) is 5.92 Å². The van der Waals surface area contributed by atoms with Crippen LogP contribution >= 0.6 is 0 Å². The van der Waals surface area contributed by atoms with Crippen molar-refractivity contribution in [2.24, 2.45) is 5.92 Å². The Balaban J connectivity index is 1.78. The van der Waals surface area contributed by atoms with E-state index in [1.807, 2.05) is 60.7 Å². The number of rotatable bonds is 7. The molecule has 0 amide bonds. The maximum absolute atomic E-state index is 12.4. The quantitative estimate of drug-likeness (QED) is 0.793. The molecule has 0 atom stereocenters. The first-order chi connectivity index (χ1) is 11.1. The highest BCUT2D eigenvalue weighted by molar-refractivity contribution is 7.86. The summed E-state index contributed by atoms with van der Waals surface area (Å²) < 4.78 is 30.4. The second-order valence-electron chi connectivity index (χ2n) is 5.87. The summed E-state index contributed by atoms with van der Waals surface area (Å²) in [7, 11) is -3.58. The molecule has 0 aliphatic carbocycles. The maximum Gasteiger partial charge on any atom is 0.268 e. The second-order valence-corrected chi connectivity index (χ2v) is 7.59. The minimum atomic E-state index is -3.58. The van der Waals surface area contributed by atoms with E-state index in [1.165, 1.54) is 0 Å². The maximum atomic E-state index is 12.4. The predicted molar refractivity (Wildman–Crippen MR) is 90.6 cm³/mol. The Labute approximate surface area is 137 Å². The summed E-state index contributed by atoms with van der Waals surface area (Å²) in [5.74, 6) is 0.510. The van der Waals surface area contributed by atoms with E-state index in [2.05, 4.69) is 5.32 Å². The summed E-state index contributed by atoms with van der Waals surface area (Å²) in [5.41, 5.74) is 1.68. The lowest BCUT2D eigenvalue weighted by atomic mass is 10.0. The number of nitrogens with one attached hydrogen (secondary N) is 1. The van der Waals surface area contributed by atoms with Crippen molar-refractivity contribution in [2.45, 2.75) is 12.5 Å². The van der Waals surface area contributed by atoms with Crippen LogP contribution in [0.25, 0.3) is 0 Å². The van der Waals surface area contributed by atoms with Gasteiger partial charge in [0.1, 0.15) is 6.10 Å². The molecule has 4 nitrogen and oxygen atoms in total. The molecular formula is C18H21NO3S. The van der Waals surface area contributed by atoms with Gasteiger partial charge in [-0.25, -0.2) is 0 Å². The van der Waals surface area contributed by atoms with E-state index in [1.54, 1.807) is 0 Å². The molecule has 2 aromatic rings. The molecular weight excluding hydrogens is 310 g/mol. The van der Waals surface area contributed by atoms with Gasteiger partial charge in [-0.2, -0.15) is 8.42 Å². The topological polar surface area (TPSA) is 55.4 Å². The standard InChI is InChI=1S/C18H21NO3S/c20-23(21,12-11-15-13-19-14-15)22-18(16-7-3-1-4-8-16)17-9-5-2-6-10-17/h1-10,15,18-19H,11-14H2. The van der Waals surface area contributed by atoms with Crippen LogP contribution in [0.5, 0.6) is 0 Å². The summed E-state index contributed by atoms with van der Waals surface area (Å²) in [6, 6.07) is 18.9. The van der Waals surface area contributed by atoms with Gasteiger partial charge in [-0.3, -0.25) is 4.18 Å². The third-order valence-corrected chi connectivity index (χ3v) is 5.31. The SMILES string of the molecule is O=S(=O)(CCC1CNC1)OC(c1ccccc1)c1ccccc1. The number of hydrogen-bond acceptors (Lipinski definition) is 4. The second kappa shape index (κ2) is 7.25. The van der Waals surface area contributed by atoms with E-state index in [4.69, 9.17) is 4.18 Å². The fourth-order valence-corrected chi connectivity index (χ4v) is 3.85. The summed E-state index contributed by atoms with van der Waals surface area (Å²) >= 11 is 0. The van der Waals surface area contributed by atoms with E-state index in [9.17, 15) is 8.42 Å². The zero-order valence-corrected chi connectivity index (χ0v) is 13.7. The van der Waals surface area contributed by atoms with Crippen molar-refractivity contribution in [1.29, 1.82) is 0 Å². The first-order valence-electron chi connectivity index (χ1n) is 7.85. The Kier molecular flexibility index (Phi) is 5.10. The van der Waals surface area contributed by atoms with E-state index in [0.29, 0.717) is 12.3 Å². The molecule has 0 saturated carbocycles. The van der Waals surface area contributed by atoms with Crippen LogP contribution < -0.4 is 5.32 Å². The third kappa shape index (κ3) is 4.41. The van der Waals surface area contributed by atoms with Crippen LogP contribution in [-0.2, 0) is 14.3 Å². The van der Waals surface area contributed by atoms with Crippen LogP contribution in [0.15, 0.2) is 60.7 Å². The highest BCUT2D eigenvalue weighted by atomic mass is 32.2. The normalized spacial score (nSPS) is 15.5. The molecule has 2 aromatic carbocycles. The Bertz CT molecular complexity index is 673. The first-order valence-corrected chi connectivity index (χ1v) is 9.43. The molecule has 0 aromatic heterocycles. The van der Waals surface area contributed by atoms with Crippen molar-refractivity contribution in [1.82, 2.24) is 5.32 Å². The zero-order valence-electron chi connectivity index (χ0n) is 12.9. The summed E-state index contributed by atoms with van der Waals surface area (Å²) in [6.07, 6.45) is 0.0490. The Morgan fingerprint density at radius 3 is 1.91 bits per heavy atom. The molecule has 122 valence electrons. The van der Waals surface area contributed by atoms with Crippen molar-refractivity contribution in [2.75, 3.05) is 18.8 Å². The molecule has 0 unspecified atom stereocenters. The summed E-state index contributed by atoms with van der Waals surface area (Å²) in [6.45, 7) is 1.80. The first kappa shape index (κ1) is 16.2. The minimum Gasteiger partial charge on any atom is -0.316 e. The molecule has 0 radical (unpaired) electrons. The Morgan fingerprint density at radius 2 is 1.48 bits per heavy atom. The third-order valence-electron chi connectivity index (χ3n) is 4.09. The van der Waals surface area contributed by atoms with Gasteiger partial charge in [-0.05, 0) is 36.6 Å². The monoisotopic (exact) mass is 331 g/mol. The van der Waals surface area contributed by atoms with Gasteiger partial charge in [0.25, 0.3) is 10.1 Å². The smallest absolute Gasteiger partial charge is 0.268 e. The molecule has 5 heteroatoms. The fraction of sp³-hybridized carbons (Fsp3) is 0.333. The highest BCUT2D eigenvalue weighted by Gasteiger charge is 2.25. The fourth-order valence-electron chi connectivity index (χ4n) is 2.62. The van der Waals surface area contributed by atoms with Gasteiger partial charge in [0, 0.05) is 0 Å². The van der Waals surface area contributed by atoms with Crippen LogP contribution in [0.4, 0.5) is 0 Å². The molecule has 3 rings (SSSR count). The van der Waals surface area contributed by atoms with Gasteiger partial charge in [-0.15, -0.1) is 0 Å². The van der Waals surface area contributed by atoms with Crippen molar-refractivity contribution in [3.05, 3.63) is 71.8 Å². The highest BCUT2D eigenvalue weighted by Crippen LogP contribution is 2.28. The largest absolute Gasteiger partial charge is 0.316 e. The van der Waals surface area contributed by atoms with Crippen molar-refractivity contribution in [3.63, 3.8) is 0 Å². The molecule has 0 spiro atoms. The molecule has 1 N–H and O–H groups in total. The lowest BCUT2D eigenvalue weighted by Gasteiger charge is -2.27. The molecule has 1 aliphatic heterocycles. The van der Waals surface area contributed by atoms with Crippen molar-refractivity contribution >= 4 is 10.1 Å². The van der Waals surface area contributed by atoms with Crippen LogP contribution in [0.2, 0.25) is 0 Å². The lowest BCUT2D eigenvalue weighted by Crippen LogP contribution is -2.42. The van der Waals surface area contributed by atoms with Gasteiger partial charge in [0.05, 0.1) is 5.75 Å². The molecule has 23 heavy (non-hydrogen) atoms. The lowest BCUT2D eigenvalue weighted by molar-refractivity contribution is 0.250. The van der Waals surface area contributed by atoms with Gasteiger partial charge in [0.15, 0.2) is 0 Å². The summed E-state index contributed by atoms with van der Waals surface area (Å²) in [5, 5.41) is 3.15. The number of benzene rings is 2. The average Bonchev–Trinajstić information content (AvgIpc) is 2.53. The van der Waals surface area contributed by atoms with E-state index in [-0.39, 0.29) is 5.75 Å². The molecule has 1 fully saturated rings. The molecule has 1 aliphatic rings. The van der Waals surface area contributed by atoms with E-state index in [0.717, 1.165) is 24.2 Å². The van der Waals surface area contributed by atoms with Crippen LogP contribution in [-0.4, -0.2) is 27.3 Å². The van der Waals surface area contributed by atoms with Gasteiger partial charge < -0.3 is 5.32 Å². The molecule has 1 heterocycles. The summed E-state index contributed by atoms with van der Waals surface area (Å²) in [4.78, 5) is 0. The molecule has 1 saturated heterocycles. The van der Waals surface area contributed by atoms with Gasteiger partial charge in [-0.1, -0.05) is 60.7 Å². The minimum absolute atomic E-state index is 0.0650. The van der Waals surface area contributed by atoms with Gasteiger partial charge in [0.2, 0.25) is 0 Å². The number of hydrogen-bond donors (Lipinski definition) is 1. The van der Waals surface area contributed by atoms with Crippen molar-refractivity contribution in [3.8, 4) is 0 Å². The van der Waals surface area contributed by atoms with Gasteiger partial charge >= 0.3 is 0 Å². The van der Waals surface area contributed by atoms with Crippen molar-refractivity contribution < 1.29 is 12.6 Å².